The Morgan fingerprint density at radius 3 is 2.68 bits per heavy atom. The van der Waals surface area contributed by atoms with Crippen LogP contribution in [0.15, 0.2) is 67.5 Å². The van der Waals surface area contributed by atoms with E-state index in [4.69, 9.17) is 19.3 Å². The Hall–Kier alpha value is -4.40. The van der Waals surface area contributed by atoms with Crippen LogP contribution < -0.4 is 14.2 Å². The number of piperidine rings is 1. The van der Waals surface area contributed by atoms with E-state index in [1.807, 2.05) is 23.7 Å². The molecule has 3 heterocycles. The predicted octanol–water partition coefficient (Wildman–Crippen LogP) is 5.79. The van der Waals surface area contributed by atoms with Crippen LogP contribution in [-0.2, 0) is 4.79 Å². The van der Waals surface area contributed by atoms with Gasteiger partial charge in [-0.3, -0.25) is 14.5 Å². The van der Waals surface area contributed by atoms with Crippen molar-refractivity contribution in [3.05, 3.63) is 73.3 Å². The Labute approximate surface area is 220 Å². The van der Waals surface area contributed by atoms with Gasteiger partial charge in [0.15, 0.2) is 17.2 Å². The maximum Gasteiger partial charge on any atom is 0.246 e. The third-order valence-electron chi connectivity index (χ3n) is 6.61. The molecule has 0 radical (unpaired) electrons. The van der Waals surface area contributed by atoms with Gasteiger partial charge in [0, 0.05) is 24.8 Å². The first-order valence-electron chi connectivity index (χ1n) is 12.5. The van der Waals surface area contributed by atoms with Crippen LogP contribution in [0.5, 0.6) is 23.0 Å². The molecule has 4 aromatic rings. The van der Waals surface area contributed by atoms with Crippen LogP contribution in [0, 0.1) is 5.82 Å². The number of nitrogens with zero attached hydrogens (tertiary/aromatic N) is 4. The highest BCUT2D eigenvalue weighted by molar-refractivity contribution is 5.96. The maximum absolute atomic E-state index is 14.5. The van der Waals surface area contributed by atoms with Gasteiger partial charge >= 0.3 is 0 Å². The summed E-state index contributed by atoms with van der Waals surface area (Å²) >= 11 is 0. The zero-order valence-electron chi connectivity index (χ0n) is 21.4. The van der Waals surface area contributed by atoms with E-state index in [9.17, 15) is 9.18 Å². The van der Waals surface area contributed by atoms with Crippen molar-refractivity contribution in [3.63, 3.8) is 0 Å². The molecular formula is C29H29FN4O4. The van der Waals surface area contributed by atoms with E-state index in [0.29, 0.717) is 31.2 Å². The number of amides is 1. The van der Waals surface area contributed by atoms with Crippen LogP contribution in [0.25, 0.3) is 22.2 Å². The molecule has 196 valence electrons. The fraction of sp³-hybridized carbons (Fsp3) is 0.276. The minimum atomic E-state index is -0.560. The number of benzene rings is 2. The van der Waals surface area contributed by atoms with Gasteiger partial charge in [-0.15, -0.1) is 0 Å². The fourth-order valence-electron chi connectivity index (χ4n) is 4.81. The summed E-state index contributed by atoms with van der Waals surface area (Å²) in [7, 11) is 1.41. The van der Waals surface area contributed by atoms with E-state index in [2.05, 4.69) is 11.6 Å². The molecular weight excluding hydrogens is 487 g/mol. The Balaban J connectivity index is 1.51. The summed E-state index contributed by atoms with van der Waals surface area (Å²) in [6.45, 7) is 7.28. The largest absolute Gasteiger partial charge is 0.494 e. The van der Waals surface area contributed by atoms with Crippen molar-refractivity contribution in [1.82, 2.24) is 19.7 Å². The number of hydrogen-bond donors (Lipinski definition) is 0. The Morgan fingerprint density at radius 2 is 1.95 bits per heavy atom. The van der Waals surface area contributed by atoms with Crippen molar-refractivity contribution >= 4 is 16.8 Å². The van der Waals surface area contributed by atoms with E-state index in [1.165, 1.54) is 19.3 Å². The summed E-state index contributed by atoms with van der Waals surface area (Å²) in [5.41, 5.74) is 2.42. The lowest BCUT2D eigenvalue weighted by atomic mass is 10.1. The standard InChI is InChI=1S/C29H29FN4O4/c1-4-26(35)33-15-7-8-20(18-33)34-29-22(16-31-17-25(29)37-5-2)28(32-34)19-11-13-21(14-12-19)38-24-10-6-9-23(36-3)27(24)30/h4,6,9-14,16-17,20H,1,5,7-8,15,18H2,2-3H3/t20-/m1/s1. The van der Waals surface area contributed by atoms with Crippen LogP contribution >= 0.6 is 0 Å². The molecule has 0 unspecified atom stereocenters. The lowest BCUT2D eigenvalue weighted by Crippen LogP contribution is -2.40. The van der Waals surface area contributed by atoms with Crippen LogP contribution in [0.2, 0.25) is 0 Å². The number of fused-ring (bicyclic) bond motifs is 1. The van der Waals surface area contributed by atoms with Crippen molar-refractivity contribution in [2.75, 3.05) is 26.8 Å². The van der Waals surface area contributed by atoms with Crippen molar-refractivity contribution in [2.24, 2.45) is 0 Å². The first-order chi connectivity index (χ1) is 18.5. The summed E-state index contributed by atoms with van der Waals surface area (Å²) in [6, 6.07) is 12.0. The molecule has 38 heavy (non-hydrogen) atoms. The average Bonchev–Trinajstić information content (AvgIpc) is 3.35. The minimum absolute atomic E-state index is 0.0239. The summed E-state index contributed by atoms with van der Waals surface area (Å²) in [6.07, 6.45) is 6.57. The molecule has 1 amide bonds. The molecule has 8 nitrogen and oxygen atoms in total. The molecule has 1 aliphatic heterocycles. The van der Waals surface area contributed by atoms with E-state index >= 15 is 0 Å². The fourth-order valence-corrected chi connectivity index (χ4v) is 4.81. The summed E-state index contributed by atoms with van der Waals surface area (Å²) < 4.78 is 33.2. The number of halogens is 1. The first kappa shape index (κ1) is 25.3. The van der Waals surface area contributed by atoms with Gasteiger partial charge in [0.2, 0.25) is 11.7 Å². The minimum Gasteiger partial charge on any atom is -0.494 e. The van der Waals surface area contributed by atoms with Gasteiger partial charge in [-0.25, -0.2) is 0 Å². The second-order valence-electron chi connectivity index (χ2n) is 8.94. The Morgan fingerprint density at radius 1 is 1.16 bits per heavy atom. The highest BCUT2D eigenvalue weighted by Crippen LogP contribution is 2.37. The molecule has 1 fully saturated rings. The van der Waals surface area contributed by atoms with Crippen molar-refractivity contribution in [1.29, 1.82) is 0 Å². The topological polar surface area (TPSA) is 78.7 Å². The third kappa shape index (κ3) is 4.79. The molecule has 2 aromatic carbocycles. The molecule has 5 rings (SSSR count). The molecule has 0 N–H and O–H groups in total. The number of likely N-dealkylation sites (tertiary alicyclic amines) is 1. The lowest BCUT2D eigenvalue weighted by Gasteiger charge is -2.32. The summed E-state index contributed by atoms with van der Waals surface area (Å²) in [5, 5.41) is 5.85. The molecule has 0 spiro atoms. The molecule has 9 heteroatoms. The molecule has 0 saturated carbocycles. The SMILES string of the molecule is C=CC(=O)N1CCC[C@@H](n2nc(-c3ccc(Oc4cccc(OC)c4F)cc3)c3cncc(OCC)c32)C1. The first-order valence-corrected chi connectivity index (χ1v) is 12.5. The van der Waals surface area contributed by atoms with Gasteiger partial charge < -0.3 is 19.1 Å². The van der Waals surface area contributed by atoms with E-state index in [0.717, 1.165) is 35.0 Å². The molecule has 1 atom stereocenters. The predicted molar refractivity (Wildman–Crippen MR) is 142 cm³/mol. The van der Waals surface area contributed by atoms with Gasteiger partial charge in [-0.1, -0.05) is 12.6 Å². The van der Waals surface area contributed by atoms with Gasteiger partial charge in [0.05, 0.1) is 31.3 Å². The number of methoxy groups -OCH3 is 1. The summed E-state index contributed by atoms with van der Waals surface area (Å²) in [4.78, 5) is 18.5. The second kappa shape index (κ2) is 10.9. The summed E-state index contributed by atoms with van der Waals surface area (Å²) in [5.74, 6) is 0.669. The monoisotopic (exact) mass is 516 g/mol. The second-order valence-corrected chi connectivity index (χ2v) is 8.94. The van der Waals surface area contributed by atoms with E-state index < -0.39 is 5.82 Å². The van der Waals surface area contributed by atoms with Gasteiger partial charge in [0.25, 0.3) is 0 Å². The van der Waals surface area contributed by atoms with Crippen molar-refractivity contribution < 1.29 is 23.4 Å². The lowest BCUT2D eigenvalue weighted by molar-refractivity contribution is -0.127. The molecule has 0 aliphatic carbocycles. The molecule has 2 aromatic heterocycles. The molecule has 0 bridgehead atoms. The van der Waals surface area contributed by atoms with Crippen LogP contribution in [0.4, 0.5) is 4.39 Å². The number of aromatic nitrogens is 3. The zero-order chi connectivity index (χ0) is 26.6. The van der Waals surface area contributed by atoms with Crippen molar-refractivity contribution in [2.45, 2.75) is 25.8 Å². The maximum atomic E-state index is 14.5. The zero-order valence-corrected chi connectivity index (χ0v) is 21.4. The van der Waals surface area contributed by atoms with Crippen LogP contribution in [0.3, 0.4) is 0 Å². The van der Waals surface area contributed by atoms with Crippen LogP contribution in [-0.4, -0.2) is 52.4 Å². The normalized spacial score (nSPS) is 15.3. The number of rotatable bonds is 8. The van der Waals surface area contributed by atoms with Gasteiger partial charge in [0.1, 0.15) is 17.0 Å². The average molecular weight is 517 g/mol. The number of carbonyl (C=O) groups is 1. The third-order valence-corrected chi connectivity index (χ3v) is 6.61. The Bertz CT molecular complexity index is 1470. The highest BCUT2D eigenvalue weighted by atomic mass is 19.1. The smallest absolute Gasteiger partial charge is 0.246 e. The molecule has 1 saturated heterocycles. The number of hydrogen-bond acceptors (Lipinski definition) is 6. The quantitative estimate of drug-likeness (QED) is 0.276. The van der Waals surface area contributed by atoms with Gasteiger partial charge in [-0.05, 0) is 62.2 Å². The molecule has 1 aliphatic rings. The van der Waals surface area contributed by atoms with E-state index in [1.54, 1.807) is 41.6 Å². The van der Waals surface area contributed by atoms with E-state index in [-0.39, 0.29) is 23.4 Å². The van der Waals surface area contributed by atoms with Crippen molar-refractivity contribution in [3.8, 4) is 34.3 Å². The van der Waals surface area contributed by atoms with Gasteiger partial charge in [-0.2, -0.15) is 9.49 Å². The highest BCUT2D eigenvalue weighted by Gasteiger charge is 2.28. The number of pyridine rings is 1. The number of carbonyl (C=O) groups excluding carboxylic acids is 1. The Kier molecular flexibility index (Phi) is 7.26. The van der Waals surface area contributed by atoms with Crippen LogP contribution in [0.1, 0.15) is 25.8 Å². The number of ether oxygens (including phenoxy) is 3.